The van der Waals surface area contributed by atoms with Crippen molar-refractivity contribution in [2.75, 3.05) is 30.3 Å². The molecule has 2 aromatic heterocycles. The summed E-state index contributed by atoms with van der Waals surface area (Å²) >= 11 is 6.26. The number of amides is 1. The summed E-state index contributed by atoms with van der Waals surface area (Å²) in [5.41, 5.74) is 1.45. The van der Waals surface area contributed by atoms with Gasteiger partial charge in [0.05, 0.1) is 46.0 Å². The first kappa shape index (κ1) is 24.9. The smallest absolute Gasteiger partial charge is 0.268 e. The fourth-order valence-electron chi connectivity index (χ4n) is 3.46. The van der Waals surface area contributed by atoms with E-state index in [1.807, 2.05) is 4.90 Å². The Bertz CT molecular complexity index is 1310. The number of aliphatic hydroxyl groups is 1. The molecular formula is C23H22ClN9O3. The Morgan fingerprint density at radius 3 is 2.83 bits per heavy atom. The molecule has 0 radical (unpaired) electrons. The summed E-state index contributed by atoms with van der Waals surface area (Å²) in [6.07, 6.45) is 3.63. The molecule has 0 bridgehead atoms. The quantitative estimate of drug-likeness (QED) is 0.313. The standard InChI is InChI=1S/C23H22ClN9O3/c1-13-7-28-19(8-27-13)31-22(35)18(11-33-9-15(34)10-33)36-23-16(6-26)21(29-12-30-23)32-20-14(5-25)3-2-4-17(20)24/h2-4,6-8,12,15,18,26,34H,9-11H2,1H3,(H,28,31,35)(H,29,30,32). The molecule has 0 saturated carbocycles. The average molecular weight is 508 g/mol. The number of β-amino-alcohol motifs (C(OH)–C–C–N with tert-alkyl or cyclic N) is 1. The topological polar surface area (TPSA) is 173 Å². The number of nitrogens with zero attached hydrogens (tertiary/aromatic N) is 6. The molecule has 0 spiro atoms. The van der Waals surface area contributed by atoms with Gasteiger partial charge in [-0.2, -0.15) is 5.26 Å². The number of nitriles is 1. The van der Waals surface area contributed by atoms with Gasteiger partial charge in [-0.25, -0.2) is 15.0 Å². The zero-order chi connectivity index (χ0) is 25.7. The van der Waals surface area contributed by atoms with Crippen LogP contribution in [0.1, 0.15) is 16.8 Å². The van der Waals surface area contributed by atoms with Gasteiger partial charge in [-0.05, 0) is 19.1 Å². The van der Waals surface area contributed by atoms with E-state index in [4.69, 9.17) is 21.7 Å². The van der Waals surface area contributed by atoms with Crippen molar-refractivity contribution >= 4 is 41.0 Å². The van der Waals surface area contributed by atoms with Crippen LogP contribution in [0.15, 0.2) is 36.9 Å². The minimum atomic E-state index is -1.06. The summed E-state index contributed by atoms with van der Waals surface area (Å²) in [5, 5.41) is 32.9. The molecule has 1 fully saturated rings. The third-order valence-electron chi connectivity index (χ3n) is 5.31. The number of halogens is 1. The van der Waals surface area contributed by atoms with Gasteiger partial charge in [0.25, 0.3) is 5.91 Å². The molecule has 13 heteroatoms. The normalized spacial score (nSPS) is 14.3. The molecule has 0 aliphatic carbocycles. The summed E-state index contributed by atoms with van der Waals surface area (Å²) in [4.78, 5) is 31.5. The number of aromatic nitrogens is 4. The van der Waals surface area contributed by atoms with Crippen LogP contribution in [-0.2, 0) is 4.79 Å². The number of aryl methyl sites for hydroxylation is 1. The Morgan fingerprint density at radius 2 is 2.17 bits per heavy atom. The molecule has 4 N–H and O–H groups in total. The molecule has 1 amide bonds. The molecule has 1 atom stereocenters. The molecule has 1 saturated heterocycles. The highest BCUT2D eigenvalue weighted by molar-refractivity contribution is 6.33. The van der Waals surface area contributed by atoms with E-state index >= 15 is 0 Å². The third-order valence-corrected chi connectivity index (χ3v) is 5.62. The second kappa shape index (κ2) is 11.0. The number of benzene rings is 1. The highest BCUT2D eigenvalue weighted by Gasteiger charge is 2.32. The molecule has 184 valence electrons. The van der Waals surface area contributed by atoms with Gasteiger partial charge in [0.2, 0.25) is 5.88 Å². The zero-order valence-corrected chi connectivity index (χ0v) is 19.9. The molecule has 1 unspecified atom stereocenters. The van der Waals surface area contributed by atoms with Gasteiger partial charge in [-0.15, -0.1) is 0 Å². The lowest BCUT2D eigenvalue weighted by molar-refractivity contribution is -0.125. The molecule has 4 rings (SSSR count). The molecule has 1 aliphatic rings. The van der Waals surface area contributed by atoms with Crippen molar-refractivity contribution < 1.29 is 14.6 Å². The van der Waals surface area contributed by atoms with Gasteiger partial charge in [0, 0.05) is 25.8 Å². The molecular weight excluding hydrogens is 486 g/mol. The number of rotatable bonds is 9. The van der Waals surface area contributed by atoms with E-state index in [0.29, 0.717) is 29.5 Å². The van der Waals surface area contributed by atoms with Crippen LogP contribution >= 0.6 is 11.6 Å². The number of hydrogen-bond donors (Lipinski definition) is 4. The number of likely N-dealkylation sites (tertiary alicyclic amines) is 1. The van der Waals surface area contributed by atoms with Gasteiger partial charge < -0.3 is 25.9 Å². The molecule has 1 aliphatic heterocycles. The number of carbonyl (C=O) groups is 1. The Labute approximate surface area is 211 Å². The SMILES string of the molecule is Cc1cnc(NC(=O)C(CN2CC(O)C2)Oc2ncnc(Nc3c(Cl)cccc3C#N)c2C=N)cn1. The minimum absolute atomic E-state index is 0.0238. The highest BCUT2D eigenvalue weighted by atomic mass is 35.5. The highest BCUT2D eigenvalue weighted by Crippen LogP contribution is 2.31. The fourth-order valence-corrected chi connectivity index (χ4v) is 3.69. The average Bonchev–Trinajstić information content (AvgIpc) is 2.85. The van der Waals surface area contributed by atoms with Gasteiger partial charge in [0.1, 0.15) is 18.2 Å². The van der Waals surface area contributed by atoms with Gasteiger partial charge >= 0.3 is 0 Å². The van der Waals surface area contributed by atoms with E-state index in [2.05, 4.69) is 36.6 Å². The van der Waals surface area contributed by atoms with Crippen LogP contribution in [0.5, 0.6) is 5.88 Å². The predicted molar refractivity (Wildman–Crippen MR) is 132 cm³/mol. The van der Waals surface area contributed by atoms with E-state index < -0.39 is 18.1 Å². The third kappa shape index (κ3) is 5.72. The van der Waals surface area contributed by atoms with Crippen LogP contribution in [0.3, 0.4) is 0 Å². The van der Waals surface area contributed by atoms with Crippen molar-refractivity contribution in [2.24, 2.45) is 0 Å². The van der Waals surface area contributed by atoms with E-state index in [-0.39, 0.29) is 35.2 Å². The Hall–Kier alpha value is -4.18. The lowest BCUT2D eigenvalue weighted by Crippen LogP contribution is -2.55. The number of anilines is 3. The molecule has 3 aromatic rings. The molecule has 12 nitrogen and oxygen atoms in total. The van der Waals surface area contributed by atoms with Crippen LogP contribution in [-0.4, -0.2) is 73.9 Å². The van der Waals surface area contributed by atoms with Gasteiger partial charge in [-0.3, -0.25) is 14.7 Å². The number of hydrogen-bond acceptors (Lipinski definition) is 11. The summed E-state index contributed by atoms with van der Waals surface area (Å²) < 4.78 is 5.98. The van der Waals surface area contributed by atoms with Crippen molar-refractivity contribution in [2.45, 2.75) is 19.1 Å². The van der Waals surface area contributed by atoms with Crippen molar-refractivity contribution in [1.82, 2.24) is 24.8 Å². The molecule has 3 heterocycles. The van der Waals surface area contributed by atoms with Crippen LogP contribution < -0.4 is 15.4 Å². The lowest BCUT2D eigenvalue weighted by atomic mass is 10.1. The second-order valence-electron chi connectivity index (χ2n) is 8.00. The van der Waals surface area contributed by atoms with Crippen molar-refractivity contribution in [1.29, 1.82) is 10.7 Å². The van der Waals surface area contributed by atoms with Crippen LogP contribution in [0.2, 0.25) is 5.02 Å². The second-order valence-corrected chi connectivity index (χ2v) is 8.40. The number of para-hydroxylation sites is 1. The fraction of sp³-hybridized carbons (Fsp3) is 0.261. The maximum Gasteiger partial charge on any atom is 0.268 e. The van der Waals surface area contributed by atoms with Gasteiger partial charge in [-0.1, -0.05) is 17.7 Å². The maximum atomic E-state index is 13.1. The number of aliphatic hydroxyl groups excluding tert-OH is 1. The molecule has 36 heavy (non-hydrogen) atoms. The Kier molecular flexibility index (Phi) is 7.65. The minimum Gasteiger partial charge on any atom is -0.462 e. The van der Waals surface area contributed by atoms with Crippen molar-refractivity contribution in [3.05, 3.63) is 58.8 Å². The summed E-state index contributed by atoms with van der Waals surface area (Å²) in [5.74, 6) is -0.105. The van der Waals surface area contributed by atoms with Crippen molar-refractivity contribution in [3.63, 3.8) is 0 Å². The van der Waals surface area contributed by atoms with E-state index in [9.17, 15) is 15.2 Å². The van der Waals surface area contributed by atoms with Crippen molar-refractivity contribution in [3.8, 4) is 11.9 Å². The molecule has 1 aromatic carbocycles. The predicted octanol–water partition coefficient (Wildman–Crippen LogP) is 1.90. The Balaban J connectivity index is 1.60. The van der Waals surface area contributed by atoms with Crippen LogP contribution in [0.4, 0.5) is 17.3 Å². The van der Waals surface area contributed by atoms with E-state index in [1.54, 1.807) is 25.1 Å². The zero-order valence-electron chi connectivity index (χ0n) is 19.1. The lowest BCUT2D eigenvalue weighted by Gasteiger charge is -2.37. The number of carbonyl (C=O) groups excluding carboxylic acids is 1. The van der Waals surface area contributed by atoms with Crippen LogP contribution in [0.25, 0.3) is 0 Å². The largest absolute Gasteiger partial charge is 0.462 e. The first-order valence-electron chi connectivity index (χ1n) is 10.9. The maximum absolute atomic E-state index is 13.1. The first-order chi connectivity index (χ1) is 17.4. The van der Waals surface area contributed by atoms with E-state index in [0.717, 1.165) is 6.21 Å². The number of nitrogens with one attached hydrogen (secondary N) is 3. The van der Waals surface area contributed by atoms with Crippen LogP contribution in [0, 0.1) is 23.7 Å². The number of ether oxygens (including phenoxy) is 1. The van der Waals surface area contributed by atoms with E-state index in [1.165, 1.54) is 18.7 Å². The monoisotopic (exact) mass is 507 g/mol. The summed E-state index contributed by atoms with van der Waals surface area (Å²) in [6, 6.07) is 6.90. The Morgan fingerprint density at radius 1 is 1.36 bits per heavy atom. The first-order valence-corrected chi connectivity index (χ1v) is 11.2. The summed E-state index contributed by atoms with van der Waals surface area (Å²) in [6.45, 7) is 2.74. The summed E-state index contributed by atoms with van der Waals surface area (Å²) in [7, 11) is 0. The van der Waals surface area contributed by atoms with Gasteiger partial charge in [0.15, 0.2) is 11.9 Å².